The number of aliphatic hydroxyl groups excluding tert-OH is 13. The first kappa shape index (κ1) is 78.2. The van der Waals surface area contributed by atoms with Crippen molar-refractivity contribution in [2.75, 3.05) is 13.2 Å². The third kappa shape index (κ3) is 14.8. The summed E-state index contributed by atoms with van der Waals surface area (Å²) < 4.78 is 59.8. The van der Waals surface area contributed by atoms with Crippen molar-refractivity contribution in [2.45, 2.75) is 327 Å². The number of carbonyl (C=O) groups excluding carboxylic acids is 4. The predicted molar refractivity (Wildman–Crippen MR) is 339 cm³/mol. The Morgan fingerprint density at radius 2 is 1.23 bits per heavy atom. The van der Waals surface area contributed by atoms with Gasteiger partial charge in [0.15, 0.2) is 31.1 Å². The summed E-state index contributed by atoms with van der Waals surface area (Å²) in [5.74, 6) is -3.91. The van der Waals surface area contributed by atoms with Crippen LogP contribution in [0.2, 0.25) is 0 Å². The fourth-order valence-corrected chi connectivity index (χ4v) is 18.7. The summed E-state index contributed by atoms with van der Waals surface area (Å²) in [6.07, 6.45) is -28.4. The first-order chi connectivity index (χ1) is 45.4. The Labute approximate surface area is 568 Å². The molecule has 0 amide bonds. The lowest BCUT2D eigenvalue weighted by Crippen LogP contribution is -2.68. The molecule has 8 fully saturated rings. The maximum Gasteiger partial charge on any atom is 0.317 e. The van der Waals surface area contributed by atoms with Crippen molar-refractivity contribution in [3.05, 3.63) is 11.6 Å². The van der Waals surface area contributed by atoms with Crippen LogP contribution in [0.1, 0.15) is 179 Å². The smallest absolute Gasteiger partial charge is 0.317 e. The molecule has 0 bridgehead atoms. The Balaban J connectivity index is 0.931. The Hall–Kier alpha value is -2.98. The molecule has 4 heterocycles. The van der Waals surface area contributed by atoms with Gasteiger partial charge in [-0.25, -0.2) is 0 Å². The molecule has 97 heavy (non-hydrogen) atoms. The van der Waals surface area contributed by atoms with Crippen molar-refractivity contribution >= 4 is 24.2 Å². The summed E-state index contributed by atoms with van der Waals surface area (Å²) in [5, 5.41) is 145. The van der Waals surface area contributed by atoms with Gasteiger partial charge >= 0.3 is 17.9 Å². The molecule has 34 atom stereocenters. The molecule has 13 N–H and O–H groups in total. The third-order valence-electron chi connectivity index (χ3n) is 25.5. The van der Waals surface area contributed by atoms with Crippen LogP contribution < -0.4 is 0 Å². The van der Waals surface area contributed by atoms with Crippen LogP contribution in [0, 0.1) is 62.1 Å². The number of hydrogen-bond donors (Lipinski definition) is 13. The van der Waals surface area contributed by atoms with Crippen molar-refractivity contribution in [1.82, 2.24) is 0 Å². The van der Waals surface area contributed by atoms with Gasteiger partial charge in [-0.1, -0.05) is 93.7 Å². The first-order valence-corrected chi connectivity index (χ1v) is 35.5. The van der Waals surface area contributed by atoms with Crippen molar-refractivity contribution in [1.29, 1.82) is 0 Å². The Bertz CT molecular complexity index is 2740. The first-order valence-electron chi connectivity index (χ1n) is 35.5. The third-order valence-corrected chi connectivity index (χ3v) is 25.5. The number of aldehydes is 1. The number of carbonyl (C=O) groups is 4. The number of allylic oxidation sites excluding steroid dienone is 2. The second kappa shape index (κ2) is 30.4. The Morgan fingerprint density at radius 3 is 1.87 bits per heavy atom. The second-order valence-corrected chi connectivity index (χ2v) is 32.1. The molecule has 6 unspecified atom stereocenters. The lowest BCUT2D eigenvalue weighted by atomic mass is 9.33. The molecular weight excluding hydrogens is 1270 g/mol. The summed E-state index contributed by atoms with van der Waals surface area (Å²) in [7, 11) is 0. The summed E-state index contributed by atoms with van der Waals surface area (Å²) >= 11 is 0. The maximum atomic E-state index is 15.8. The number of hydrogen-bond acceptors (Lipinski definition) is 27. The number of esters is 3. The van der Waals surface area contributed by atoms with Crippen LogP contribution in [0.3, 0.4) is 0 Å². The predicted octanol–water partition coefficient (Wildman–Crippen LogP) is 1.65. The number of fused-ring (bicyclic) bond motifs is 7. The monoisotopic (exact) mass is 1390 g/mol. The van der Waals surface area contributed by atoms with Crippen LogP contribution in [0.4, 0.5) is 0 Å². The van der Waals surface area contributed by atoms with Crippen molar-refractivity contribution in [3.63, 3.8) is 0 Å². The van der Waals surface area contributed by atoms with Crippen LogP contribution in [-0.2, 0) is 66.5 Å². The minimum absolute atomic E-state index is 0.0650. The van der Waals surface area contributed by atoms with Gasteiger partial charge < -0.3 is 119 Å². The average molecular weight is 1390 g/mol. The van der Waals surface area contributed by atoms with Gasteiger partial charge in [-0.3, -0.25) is 14.4 Å². The standard InChI is InChI=1S/C70H114O27/c1-13-32(3)41(91-48(78)25-37(74)24-42(33(4)14-2)92-62-54(84)51(81)43(29-71)93-62)23-36(73)26-49(79)94-58-35(6)90-63(59(56(58)86)96-61-55(85)52(82)57(34(5)89-61)95-60-53(83)50(80)40(75)30-88-60)97-64(87)70-22-21-65(7,8)27-39(70)38-15-16-45-66(9)19-18-46(76)67(10,31-72)44(66)17-20-68(45,11)69(38,12)28-47(70)77/h15,31-37,39-47,50-63,71,73-77,80-86H,13-14,16-30H2,1-12H3/t32-,33-,34-,35-,36?,37?,39-,40+,41?,42?,43-,44?,45?,46-,47+,50-,51-,52-,53+,54+,55+,56+,57-,58+,59-,60-,61-,62+,63+,66-,67-,68+,69+,70+/m0/s1. The van der Waals surface area contributed by atoms with Crippen molar-refractivity contribution in [3.8, 4) is 0 Å². The minimum Gasteiger partial charge on any atom is -0.462 e. The molecule has 5 aliphatic carbocycles. The molecule has 4 aliphatic heterocycles. The highest BCUT2D eigenvalue weighted by molar-refractivity contribution is 5.80. The van der Waals surface area contributed by atoms with Gasteiger partial charge in [0.2, 0.25) is 6.29 Å². The topological polar surface area (TPSA) is 424 Å². The average Bonchev–Trinajstić information content (AvgIpc) is 0.915. The molecule has 9 aliphatic rings. The molecule has 556 valence electrons. The highest BCUT2D eigenvalue weighted by atomic mass is 16.8. The SMILES string of the molecule is CC[C@H](C)C(CC(O)CC(=O)O[C@H]1[C@@H](O)[C@H](O[C@@H]2O[C@@H](C)[C@H](O[C@@H]3OC[C@@H](O)[C@H](O)[C@H]3O)[C@@H](O)[C@H]2O)[C@@H](OC(=O)[C@]23CCC(C)(C)C[C@H]2C2=CCC4[C@@]5(C)CC[C@H](O)[C@@](C)(C=O)C5CC[C@@]4(C)[C@]2(C)C[C@H]3O)O[C@H]1C)OC(=O)CC(O)CC(O[C@@H]1O[C@@H](CO)[C@H](O)[C@H]1O)[C@@H](C)CC. The fourth-order valence-electron chi connectivity index (χ4n) is 18.7. The van der Waals surface area contributed by atoms with E-state index < -0.39 is 219 Å². The van der Waals surface area contributed by atoms with E-state index in [0.29, 0.717) is 51.4 Å². The van der Waals surface area contributed by atoms with Crippen molar-refractivity contribution < 1.29 is 133 Å². The van der Waals surface area contributed by atoms with E-state index >= 15 is 4.79 Å². The second-order valence-electron chi connectivity index (χ2n) is 32.1. The number of aliphatic hydroxyl groups is 13. The van der Waals surface area contributed by atoms with E-state index in [1.807, 2.05) is 27.7 Å². The highest BCUT2D eigenvalue weighted by Gasteiger charge is 2.72. The molecular formula is C70H114O27. The number of rotatable bonds is 24. The summed E-state index contributed by atoms with van der Waals surface area (Å²) in [5.41, 5.74) is -3.18. The van der Waals surface area contributed by atoms with E-state index in [1.165, 1.54) is 13.8 Å². The lowest BCUT2D eigenvalue weighted by molar-refractivity contribution is -0.373. The normalized spacial score (nSPS) is 46.8. The van der Waals surface area contributed by atoms with E-state index in [0.717, 1.165) is 18.3 Å². The molecule has 27 heteroatoms. The molecule has 0 aromatic carbocycles. The largest absolute Gasteiger partial charge is 0.462 e. The molecule has 4 saturated carbocycles. The quantitative estimate of drug-likeness (QED) is 0.0283. The minimum atomic E-state index is -2.03. The van der Waals surface area contributed by atoms with Gasteiger partial charge in [-0.15, -0.1) is 0 Å². The summed E-state index contributed by atoms with van der Waals surface area (Å²) in [4.78, 5) is 56.3. The van der Waals surface area contributed by atoms with Gasteiger partial charge in [0, 0.05) is 12.8 Å². The van der Waals surface area contributed by atoms with E-state index in [2.05, 4.69) is 40.7 Å². The molecule has 0 aromatic heterocycles. The molecule has 4 saturated heterocycles. The maximum absolute atomic E-state index is 15.8. The Morgan fingerprint density at radius 1 is 0.629 bits per heavy atom. The molecule has 27 nitrogen and oxygen atoms in total. The van der Waals surface area contributed by atoms with Crippen molar-refractivity contribution in [2.24, 2.45) is 62.1 Å². The van der Waals surface area contributed by atoms with Gasteiger partial charge in [0.1, 0.15) is 78.8 Å². The Kier molecular flexibility index (Phi) is 24.5. The van der Waals surface area contributed by atoms with E-state index in [9.17, 15) is 80.8 Å². The zero-order chi connectivity index (χ0) is 71.6. The van der Waals surface area contributed by atoms with E-state index in [1.54, 1.807) is 6.92 Å². The van der Waals surface area contributed by atoms with Gasteiger partial charge in [-0.2, -0.15) is 0 Å². The zero-order valence-corrected chi connectivity index (χ0v) is 58.4. The number of ether oxygens (including phenoxy) is 10. The molecule has 0 radical (unpaired) electrons. The fraction of sp³-hybridized carbons (Fsp3) is 0.914. The highest BCUT2D eigenvalue weighted by Crippen LogP contribution is 2.76. The molecule has 9 rings (SSSR count). The van der Waals surface area contributed by atoms with Crippen LogP contribution in [0.25, 0.3) is 0 Å². The molecule has 0 aromatic rings. The zero-order valence-electron chi connectivity index (χ0n) is 58.4. The lowest BCUT2D eigenvalue weighted by Gasteiger charge is -2.71. The van der Waals surface area contributed by atoms with Gasteiger partial charge in [0.05, 0.1) is 74.2 Å². The van der Waals surface area contributed by atoms with Gasteiger partial charge in [0.25, 0.3) is 0 Å². The summed E-state index contributed by atoms with van der Waals surface area (Å²) in [6.45, 7) is 22.0. The van der Waals surface area contributed by atoms with E-state index in [4.69, 9.17) is 47.4 Å². The van der Waals surface area contributed by atoms with Crippen LogP contribution in [0.5, 0.6) is 0 Å². The van der Waals surface area contributed by atoms with Crippen LogP contribution in [0.15, 0.2) is 11.6 Å². The molecule has 0 spiro atoms. The van der Waals surface area contributed by atoms with Crippen LogP contribution >= 0.6 is 0 Å². The van der Waals surface area contributed by atoms with Crippen LogP contribution in [-0.4, -0.2) is 251 Å². The van der Waals surface area contributed by atoms with Gasteiger partial charge in [-0.05, 0) is 123 Å². The van der Waals surface area contributed by atoms with E-state index in [-0.39, 0.29) is 60.2 Å². The summed E-state index contributed by atoms with van der Waals surface area (Å²) in [6, 6.07) is 0.